The second-order valence-electron chi connectivity index (χ2n) is 6.90. The molecule has 2 aromatic heterocycles. The highest BCUT2D eigenvalue weighted by atomic mass is 127. The molecule has 31 heavy (non-hydrogen) atoms. The van der Waals surface area contributed by atoms with Gasteiger partial charge in [-0.3, -0.25) is 4.99 Å². The Morgan fingerprint density at radius 2 is 1.90 bits per heavy atom. The number of para-hydroxylation sites is 1. The normalized spacial score (nSPS) is 11.4. The van der Waals surface area contributed by atoms with E-state index in [0.29, 0.717) is 29.2 Å². The average Bonchev–Trinajstić information content (AvgIpc) is 3.35. The van der Waals surface area contributed by atoms with Crippen molar-refractivity contribution in [3.63, 3.8) is 0 Å². The van der Waals surface area contributed by atoms with Crippen LogP contribution in [0.3, 0.4) is 0 Å². The zero-order valence-electron chi connectivity index (χ0n) is 17.3. The quantitative estimate of drug-likeness (QED) is 0.184. The summed E-state index contributed by atoms with van der Waals surface area (Å²) in [4.78, 5) is 12.1. The molecule has 0 aliphatic heterocycles. The van der Waals surface area contributed by atoms with Crippen LogP contribution in [0.4, 0.5) is 0 Å². The predicted octanol–water partition coefficient (Wildman–Crippen LogP) is 4.71. The van der Waals surface area contributed by atoms with Crippen LogP contribution in [0, 0.1) is 6.92 Å². The number of aromatic amines is 1. The summed E-state index contributed by atoms with van der Waals surface area (Å²) in [5.41, 5.74) is 4.53. The highest BCUT2D eigenvalue weighted by Crippen LogP contribution is 2.22. The summed E-state index contributed by atoms with van der Waals surface area (Å²) in [6.07, 6.45) is 0.887. The first-order valence-electron chi connectivity index (χ1n) is 9.73. The molecule has 0 fully saturated rings. The van der Waals surface area contributed by atoms with Crippen LogP contribution in [0.5, 0.6) is 0 Å². The Balaban J connectivity index is 0.00000272. The van der Waals surface area contributed by atoms with Crippen LogP contribution in [0.1, 0.15) is 17.1 Å². The molecule has 0 saturated carbocycles. The molecule has 3 N–H and O–H groups in total. The Bertz CT molecular complexity index is 1170. The van der Waals surface area contributed by atoms with E-state index in [-0.39, 0.29) is 24.0 Å². The van der Waals surface area contributed by atoms with E-state index in [1.54, 1.807) is 19.2 Å². The van der Waals surface area contributed by atoms with E-state index in [4.69, 9.17) is 16.1 Å². The summed E-state index contributed by atoms with van der Waals surface area (Å²) in [6, 6.07) is 15.7. The number of fused-ring (bicyclic) bond motifs is 1. The fourth-order valence-electron chi connectivity index (χ4n) is 3.39. The standard InChI is InChI=1S/C22H23ClN6O.HI/c1-14-17(18-5-3-4-6-19(18)27-14)11-12-25-22(24-2)26-13-20-28-21(29-30-20)15-7-9-16(23)10-8-15;/h3-10,27H,11-13H2,1-2H3,(H2,24,25,26);1H. The Hall–Kier alpha value is -2.59. The number of aliphatic imine (C=N–C) groups is 1. The minimum atomic E-state index is 0. The van der Waals surface area contributed by atoms with Gasteiger partial charge in [-0.15, -0.1) is 24.0 Å². The summed E-state index contributed by atoms with van der Waals surface area (Å²) in [5.74, 6) is 1.69. The lowest BCUT2D eigenvalue weighted by Crippen LogP contribution is -2.38. The van der Waals surface area contributed by atoms with E-state index < -0.39 is 0 Å². The molecule has 4 rings (SSSR count). The van der Waals surface area contributed by atoms with Gasteiger partial charge in [-0.05, 0) is 49.2 Å². The largest absolute Gasteiger partial charge is 0.358 e. The molecule has 7 nitrogen and oxygen atoms in total. The molecule has 0 aliphatic carbocycles. The number of benzene rings is 2. The van der Waals surface area contributed by atoms with Gasteiger partial charge in [0.25, 0.3) is 0 Å². The van der Waals surface area contributed by atoms with Crippen molar-refractivity contribution in [2.75, 3.05) is 13.6 Å². The number of nitrogens with zero attached hydrogens (tertiary/aromatic N) is 3. The molecule has 0 bridgehead atoms. The summed E-state index contributed by atoms with van der Waals surface area (Å²) in [7, 11) is 1.74. The molecule has 4 aromatic rings. The third kappa shape index (κ3) is 5.56. The SMILES string of the molecule is CN=C(NCCc1c(C)[nH]c2ccccc12)NCc1nc(-c2ccc(Cl)cc2)no1.I. The number of nitrogens with one attached hydrogen (secondary N) is 3. The monoisotopic (exact) mass is 550 g/mol. The van der Waals surface area contributed by atoms with Crippen LogP contribution in [-0.4, -0.2) is 34.7 Å². The first kappa shape index (κ1) is 23.1. The topological polar surface area (TPSA) is 91.1 Å². The van der Waals surface area contributed by atoms with E-state index >= 15 is 0 Å². The van der Waals surface area contributed by atoms with E-state index in [1.165, 1.54) is 22.2 Å². The number of rotatable bonds is 6. The molecule has 0 saturated heterocycles. The lowest BCUT2D eigenvalue weighted by molar-refractivity contribution is 0.375. The summed E-state index contributed by atoms with van der Waals surface area (Å²) in [6.45, 7) is 3.24. The van der Waals surface area contributed by atoms with Crippen molar-refractivity contribution in [1.29, 1.82) is 0 Å². The first-order chi connectivity index (χ1) is 14.6. The molecule has 9 heteroatoms. The predicted molar refractivity (Wildman–Crippen MR) is 135 cm³/mol. The first-order valence-corrected chi connectivity index (χ1v) is 10.1. The maximum Gasteiger partial charge on any atom is 0.246 e. The van der Waals surface area contributed by atoms with Gasteiger partial charge in [-0.1, -0.05) is 35.0 Å². The van der Waals surface area contributed by atoms with Crippen molar-refractivity contribution in [2.45, 2.75) is 19.9 Å². The number of aromatic nitrogens is 3. The van der Waals surface area contributed by atoms with Gasteiger partial charge in [0.05, 0.1) is 6.54 Å². The third-order valence-corrected chi connectivity index (χ3v) is 5.15. The summed E-state index contributed by atoms with van der Waals surface area (Å²) >= 11 is 5.92. The molecule has 0 radical (unpaired) electrons. The zero-order chi connectivity index (χ0) is 20.9. The highest BCUT2D eigenvalue weighted by Gasteiger charge is 2.10. The summed E-state index contributed by atoms with van der Waals surface area (Å²) < 4.78 is 5.33. The third-order valence-electron chi connectivity index (χ3n) is 4.90. The number of hydrogen-bond donors (Lipinski definition) is 3. The molecule has 2 heterocycles. The number of guanidine groups is 1. The van der Waals surface area contributed by atoms with Gasteiger partial charge in [0.1, 0.15) is 0 Å². The van der Waals surface area contributed by atoms with Crippen molar-refractivity contribution in [3.8, 4) is 11.4 Å². The van der Waals surface area contributed by atoms with Gasteiger partial charge in [-0.2, -0.15) is 4.98 Å². The van der Waals surface area contributed by atoms with Gasteiger partial charge in [0, 0.05) is 40.8 Å². The number of halogens is 2. The van der Waals surface area contributed by atoms with Crippen LogP contribution in [-0.2, 0) is 13.0 Å². The van der Waals surface area contributed by atoms with Gasteiger partial charge in [0.15, 0.2) is 5.96 Å². The van der Waals surface area contributed by atoms with Crippen LogP contribution < -0.4 is 10.6 Å². The van der Waals surface area contributed by atoms with Crippen molar-refractivity contribution < 1.29 is 4.52 Å². The van der Waals surface area contributed by atoms with Crippen molar-refractivity contribution in [3.05, 3.63) is 70.7 Å². The minimum Gasteiger partial charge on any atom is -0.358 e. The second-order valence-corrected chi connectivity index (χ2v) is 7.33. The molecular weight excluding hydrogens is 527 g/mol. The Morgan fingerprint density at radius 1 is 1.13 bits per heavy atom. The molecule has 0 amide bonds. The lowest BCUT2D eigenvalue weighted by Gasteiger charge is -2.10. The fourth-order valence-corrected chi connectivity index (χ4v) is 3.51. The molecule has 0 spiro atoms. The smallest absolute Gasteiger partial charge is 0.246 e. The molecular formula is C22H24ClIN6O. The van der Waals surface area contributed by atoms with Crippen molar-refractivity contribution in [1.82, 2.24) is 25.8 Å². The highest BCUT2D eigenvalue weighted by molar-refractivity contribution is 14.0. The average molecular weight is 551 g/mol. The molecule has 162 valence electrons. The Morgan fingerprint density at radius 3 is 2.68 bits per heavy atom. The Kier molecular flexibility index (Phi) is 7.91. The van der Waals surface area contributed by atoms with Gasteiger partial charge < -0.3 is 20.1 Å². The second kappa shape index (κ2) is 10.6. The summed E-state index contributed by atoms with van der Waals surface area (Å²) in [5, 5.41) is 12.5. The molecule has 0 aliphatic rings. The van der Waals surface area contributed by atoms with E-state index in [2.05, 4.69) is 55.9 Å². The van der Waals surface area contributed by atoms with Gasteiger partial charge in [0.2, 0.25) is 11.7 Å². The van der Waals surface area contributed by atoms with E-state index in [1.807, 2.05) is 18.2 Å². The van der Waals surface area contributed by atoms with E-state index in [0.717, 1.165) is 18.5 Å². The van der Waals surface area contributed by atoms with E-state index in [9.17, 15) is 0 Å². The Labute approximate surface area is 202 Å². The van der Waals surface area contributed by atoms with Crippen molar-refractivity contribution >= 4 is 52.4 Å². The molecule has 0 unspecified atom stereocenters. The lowest BCUT2D eigenvalue weighted by atomic mass is 10.1. The van der Waals surface area contributed by atoms with Crippen molar-refractivity contribution in [2.24, 2.45) is 4.99 Å². The zero-order valence-corrected chi connectivity index (χ0v) is 20.4. The van der Waals surface area contributed by atoms with Crippen LogP contribution in [0.25, 0.3) is 22.3 Å². The van der Waals surface area contributed by atoms with Crippen LogP contribution in [0.15, 0.2) is 58.0 Å². The van der Waals surface area contributed by atoms with Gasteiger partial charge >= 0.3 is 0 Å². The number of H-pyrrole nitrogens is 1. The van der Waals surface area contributed by atoms with Gasteiger partial charge in [-0.25, -0.2) is 0 Å². The number of aryl methyl sites for hydroxylation is 1. The molecule has 2 aromatic carbocycles. The maximum absolute atomic E-state index is 5.92. The number of hydrogen-bond acceptors (Lipinski definition) is 4. The fraction of sp³-hybridized carbons (Fsp3) is 0.227. The van der Waals surface area contributed by atoms with Crippen LogP contribution >= 0.6 is 35.6 Å². The minimum absolute atomic E-state index is 0. The molecule has 0 atom stereocenters. The van der Waals surface area contributed by atoms with Crippen LogP contribution in [0.2, 0.25) is 5.02 Å². The maximum atomic E-state index is 5.92.